The van der Waals surface area contributed by atoms with Crippen LogP contribution in [0.1, 0.15) is 39.1 Å². The van der Waals surface area contributed by atoms with Crippen LogP contribution in [0, 0.1) is 13.8 Å². The minimum atomic E-state index is -0.502. The molecule has 0 unspecified atom stereocenters. The molecule has 30 heavy (non-hydrogen) atoms. The summed E-state index contributed by atoms with van der Waals surface area (Å²) in [4.78, 5) is 0. The number of aryl methyl sites for hydroxylation is 2. The lowest BCUT2D eigenvalue weighted by Crippen LogP contribution is -2.41. The van der Waals surface area contributed by atoms with Crippen molar-refractivity contribution in [3.05, 3.63) is 47.8 Å². The molecule has 3 aromatic rings. The molecule has 158 valence electrons. The van der Waals surface area contributed by atoms with Crippen molar-refractivity contribution in [1.82, 2.24) is 9.61 Å². The smallest absolute Gasteiger partial charge is 0.468 e. The van der Waals surface area contributed by atoms with Crippen LogP contribution in [0.4, 0.5) is 0 Å². The molecule has 2 aromatic heterocycles. The van der Waals surface area contributed by atoms with Crippen LogP contribution in [0.15, 0.2) is 36.4 Å². The Bertz CT molecular complexity index is 1070. The van der Waals surface area contributed by atoms with Crippen molar-refractivity contribution < 1.29 is 18.8 Å². The van der Waals surface area contributed by atoms with E-state index in [0.29, 0.717) is 5.75 Å². The third-order valence-corrected chi connectivity index (χ3v) is 6.05. The van der Waals surface area contributed by atoms with Gasteiger partial charge < -0.3 is 18.8 Å². The summed E-state index contributed by atoms with van der Waals surface area (Å²) in [5, 5.41) is 4.54. The van der Waals surface area contributed by atoms with Crippen molar-refractivity contribution in [1.29, 1.82) is 0 Å². The SMILES string of the molecule is COCOc1cc(-c2cc(C)n3nc(C)cc3c2)ccc1B1OC(C)(C)C(C)(C)O1. The number of hydrogen-bond donors (Lipinski definition) is 0. The molecule has 1 aliphatic heterocycles. The number of rotatable bonds is 5. The Kier molecular flexibility index (Phi) is 5.17. The predicted octanol–water partition coefficient (Wildman–Crippen LogP) is 3.90. The fraction of sp³-hybridized carbons (Fsp3) is 0.435. The van der Waals surface area contributed by atoms with E-state index in [0.717, 1.165) is 33.5 Å². The molecule has 0 amide bonds. The lowest BCUT2D eigenvalue weighted by molar-refractivity contribution is 0.00578. The lowest BCUT2D eigenvalue weighted by atomic mass is 9.77. The van der Waals surface area contributed by atoms with Gasteiger partial charge in [0, 0.05) is 18.3 Å². The Balaban J connectivity index is 1.75. The monoisotopic (exact) mass is 408 g/mol. The molecule has 1 aliphatic rings. The van der Waals surface area contributed by atoms with Crippen LogP contribution in [0.5, 0.6) is 5.75 Å². The number of ether oxygens (including phenoxy) is 2. The highest BCUT2D eigenvalue weighted by Crippen LogP contribution is 2.37. The van der Waals surface area contributed by atoms with Gasteiger partial charge >= 0.3 is 7.12 Å². The molecular formula is C23H29BN2O4. The number of hydrogen-bond acceptors (Lipinski definition) is 5. The van der Waals surface area contributed by atoms with E-state index in [-0.39, 0.29) is 6.79 Å². The summed E-state index contributed by atoms with van der Waals surface area (Å²) in [6.07, 6.45) is 0. The summed E-state index contributed by atoms with van der Waals surface area (Å²) in [6, 6.07) is 12.5. The standard InChI is InChI=1S/C23H29BN2O4/c1-15-10-19-12-18(11-16(2)26(19)25-15)17-8-9-20(21(13-17)28-14-27-7)24-29-22(3,4)23(5,6)30-24/h8-13H,14H2,1-7H3. The van der Waals surface area contributed by atoms with E-state index in [1.807, 2.05) is 51.3 Å². The summed E-state index contributed by atoms with van der Waals surface area (Å²) in [6.45, 7) is 12.4. The Morgan fingerprint density at radius 1 is 0.967 bits per heavy atom. The normalized spacial score (nSPS) is 17.6. The number of benzene rings is 1. The van der Waals surface area contributed by atoms with Gasteiger partial charge in [0.15, 0.2) is 6.79 Å². The largest absolute Gasteiger partial charge is 0.498 e. The van der Waals surface area contributed by atoms with Crippen LogP contribution in [0.2, 0.25) is 0 Å². The number of fused-ring (bicyclic) bond motifs is 1. The van der Waals surface area contributed by atoms with Crippen LogP contribution >= 0.6 is 0 Å². The van der Waals surface area contributed by atoms with Gasteiger partial charge in [0.1, 0.15) is 5.75 Å². The summed E-state index contributed by atoms with van der Waals surface area (Å²) in [7, 11) is 1.11. The predicted molar refractivity (Wildman–Crippen MR) is 118 cm³/mol. The molecule has 6 nitrogen and oxygen atoms in total. The van der Waals surface area contributed by atoms with E-state index >= 15 is 0 Å². The zero-order valence-corrected chi connectivity index (χ0v) is 18.8. The van der Waals surface area contributed by atoms with Crippen molar-refractivity contribution in [3.8, 4) is 16.9 Å². The highest BCUT2D eigenvalue weighted by atomic mass is 16.7. The number of aromatic nitrogens is 2. The summed E-state index contributed by atoms with van der Waals surface area (Å²) in [5.41, 5.74) is 5.30. The van der Waals surface area contributed by atoms with Crippen LogP contribution in [0.3, 0.4) is 0 Å². The van der Waals surface area contributed by atoms with Gasteiger partial charge in [-0.1, -0.05) is 12.1 Å². The molecule has 0 radical (unpaired) electrons. The van der Waals surface area contributed by atoms with Crippen molar-refractivity contribution in [3.63, 3.8) is 0 Å². The zero-order chi connectivity index (χ0) is 21.7. The minimum absolute atomic E-state index is 0.149. The molecule has 1 saturated heterocycles. The van der Waals surface area contributed by atoms with Gasteiger partial charge in [0.05, 0.1) is 22.4 Å². The highest BCUT2D eigenvalue weighted by molar-refractivity contribution is 6.63. The second kappa shape index (κ2) is 7.41. The van der Waals surface area contributed by atoms with Crippen LogP contribution < -0.4 is 10.2 Å². The van der Waals surface area contributed by atoms with Crippen LogP contribution in [-0.2, 0) is 14.0 Å². The van der Waals surface area contributed by atoms with E-state index in [1.54, 1.807) is 7.11 Å². The van der Waals surface area contributed by atoms with E-state index in [1.165, 1.54) is 0 Å². The fourth-order valence-electron chi connectivity index (χ4n) is 3.68. The van der Waals surface area contributed by atoms with E-state index < -0.39 is 18.3 Å². The number of pyridine rings is 1. The van der Waals surface area contributed by atoms with E-state index in [2.05, 4.69) is 36.3 Å². The first-order valence-corrected chi connectivity index (χ1v) is 10.2. The van der Waals surface area contributed by atoms with Crippen LogP contribution in [0.25, 0.3) is 16.6 Å². The number of nitrogens with zero attached hydrogens (tertiary/aromatic N) is 2. The molecule has 0 aliphatic carbocycles. The molecule has 3 heterocycles. The average Bonchev–Trinajstić information content (AvgIpc) is 3.15. The van der Waals surface area contributed by atoms with Gasteiger partial charge in [0.2, 0.25) is 0 Å². The summed E-state index contributed by atoms with van der Waals surface area (Å²) in [5.74, 6) is 0.690. The van der Waals surface area contributed by atoms with Gasteiger partial charge in [0.25, 0.3) is 0 Å². The van der Waals surface area contributed by atoms with Gasteiger partial charge in [-0.3, -0.25) is 0 Å². The van der Waals surface area contributed by atoms with Crippen molar-refractivity contribution in [2.45, 2.75) is 52.7 Å². The van der Waals surface area contributed by atoms with Crippen LogP contribution in [-0.4, -0.2) is 41.8 Å². The number of methoxy groups -OCH3 is 1. The Morgan fingerprint density at radius 3 is 2.33 bits per heavy atom. The molecule has 0 saturated carbocycles. The van der Waals surface area contributed by atoms with Gasteiger partial charge in [-0.05, 0) is 76.9 Å². The highest BCUT2D eigenvalue weighted by Gasteiger charge is 2.52. The fourth-order valence-corrected chi connectivity index (χ4v) is 3.68. The average molecular weight is 408 g/mol. The topological polar surface area (TPSA) is 54.2 Å². The van der Waals surface area contributed by atoms with Gasteiger partial charge in [-0.2, -0.15) is 5.10 Å². The second-order valence-electron chi connectivity index (χ2n) is 8.90. The maximum Gasteiger partial charge on any atom is 0.498 e. The molecule has 0 spiro atoms. The summed E-state index contributed by atoms with van der Waals surface area (Å²) < 4.78 is 25.5. The molecule has 0 bridgehead atoms. The van der Waals surface area contributed by atoms with Crippen molar-refractivity contribution in [2.24, 2.45) is 0 Å². The molecule has 7 heteroatoms. The molecular weight excluding hydrogens is 379 g/mol. The Labute approximate surface area is 178 Å². The zero-order valence-electron chi connectivity index (χ0n) is 18.8. The molecule has 1 fully saturated rings. The van der Waals surface area contributed by atoms with E-state index in [9.17, 15) is 0 Å². The quantitative estimate of drug-likeness (QED) is 0.474. The second-order valence-corrected chi connectivity index (χ2v) is 8.90. The molecule has 0 N–H and O–H groups in total. The third-order valence-electron chi connectivity index (χ3n) is 6.05. The van der Waals surface area contributed by atoms with Gasteiger partial charge in [-0.15, -0.1) is 0 Å². The van der Waals surface area contributed by atoms with Crippen molar-refractivity contribution >= 4 is 18.1 Å². The van der Waals surface area contributed by atoms with E-state index in [4.69, 9.17) is 18.8 Å². The maximum absolute atomic E-state index is 6.24. The molecule has 0 atom stereocenters. The molecule has 1 aromatic carbocycles. The minimum Gasteiger partial charge on any atom is -0.468 e. The first kappa shape index (κ1) is 20.9. The first-order valence-electron chi connectivity index (χ1n) is 10.2. The lowest BCUT2D eigenvalue weighted by Gasteiger charge is -2.32. The maximum atomic E-state index is 6.24. The summed E-state index contributed by atoms with van der Waals surface area (Å²) >= 11 is 0. The first-order chi connectivity index (χ1) is 14.1. The third kappa shape index (κ3) is 3.62. The van der Waals surface area contributed by atoms with Gasteiger partial charge in [-0.25, -0.2) is 4.52 Å². The Morgan fingerprint density at radius 2 is 1.67 bits per heavy atom. The van der Waals surface area contributed by atoms with Crippen molar-refractivity contribution in [2.75, 3.05) is 13.9 Å². The molecule has 4 rings (SSSR count). The Hall–Kier alpha value is -2.35.